The summed E-state index contributed by atoms with van der Waals surface area (Å²) in [5.74, 6) is 0. The summed E-state index contributed by atoms with van der Waals surface area (Å²) in [5.41, 5.74) is 6.16. The molecule has 0 aliphatic carbocycles. The fourth-order valence-corrected chi connectivity index (χ4v) is 3.61. The van der Waals surface area contributed by atoms with Crippen molar-refractivity contribution in [2.45, 2.75) is 6.10 Å². The highest BCUT2D eigenvalue weighted by molar-refractivity contribution is 9.14. The third kappa shape index (κ3) is 2.59. The van der Waals surface area contributed by atoms with Crippen molar-refractivity contribution in [2.24, 2.45) is 5.73 Å². The molecule has 6 heteroatoms. The standard InChI is InChI=1S/C8H7Br4NO/c9-3-1-4(10)8(12)6(7(3)11)5(14)2-13/h1,5,14H,2,13H2/t5-/m0/s1. The molecule has 0 radical (unpaired) electrons. The molecule has 2 nitrogen and oxygen atoms in total. The minimum Gasteiger partial charge on any atom is -0.387 e. The van der Waals surface area contributed by atoms with E-state index in [0.717, 1.165) is 23.5 Å². The lowest BCUT2D eigenvalue weighted by molar-refractivity contribution is 0.185. The van der Waals surface area contributed by atoms with Crippen LogP contribution in [0.4, 0.5) is 0 Å². The van der Waals surface area contributed by atoms with E-state index in [-0.39, 0.29) is 6.54 Å². The molecular weight excluding hydrogens is 446 g/mol. The van der Waals surface area contributed by atoms with Gasteiger partial charge in [-0.1, -0.05) is 0 Å². The lowest BCUT2D eigenvalue weighted by atomic mass is 10.1. The quantitative estimate of drug-likeness (QED) is 0.672. The summed E-state index contributed by atoms with van der Waals surface area (Å²) in [7, 11) is 0. The van der Waals surface area contributed by atoms with Crippen molar-refractivity contribution < 1.29 is 5.11 Å². The molecule has 1 rings (SSSR count). The third-order valence-corrected chi connectivity index (χ3v) is 5.73. The first-order valence-electron chi connectivity index (χ1n) is 3.70. The Morgan fingerprint density at radius 1 is 1.14 bits per heavy atom. The summed E-state index contributed by atoms with van der Waals surface area (Å²) in [6.07, 6.45) is -0.687. The van der Waals surface area contributed by atoms with Crippen LogP contribution in [0, 0.1) is 0 Å². The second-order valence-electron chi connectivity index (χ2n) is 2.63. The van der Waals surface area contributed by atoms with E-state index >= 15 is 0 Å². The van der Waals surface area contributed by atoms with Gasteiger partial charge in [0, 0.05) is 30.0 Å². The van der Waals surface area contributed by atoms with Gasteiger partial charge in [-0.2, -0.15) is 0 Å². The number of hydrogen-bond donors (Lipinski definition) is 2. The molecule has 0 unspecified atom stereocenters. The van der Waals surface area contributed by atoms with Crippen LogP contribution >= 0.6 is 63.7 Å². The zero-order chi connectivity index (χ0) is 10.9. The predicted octanol–water partition coefficient (Wildman–Crippen LogP) is 3.73. The minimum atomic E-state index is -0.687. The molecule has 0 bridgehead atoms. The number of halogens is 4. The van der Waals surface area contributed by atoms with E-state index in [2.05, 4.69) is 63.7 Å². The van der Waals surface area contributed by atoms with Gasteiger partial charge in [-0.05, 0) is 69.8 Å². The van der Waals surface area contributed by atoms with Gasteiger partial charge < -0.3 is 10.8 Å². The Morgan fingerprint density at radius 3 is 1.93 bits per heavy atom. The van der Waals surface area contributed by atoms with Crippen LogP contribution in [0.5, 0.6) is 0 Å². The van der Waals surface area contributed by atoms with E-state index in [4.69, 9.17) is 5.73 Å². The molecule has 0 aromatic heterocycles. The Balaban J connectivity index is 3.39. The Bertz CT molecular complexity index is 329. The normalized spacial score (nSPS) is 13.0. The maximum absolute atomic E-state index is 9.71. The molecular formula is C8H7Br4NO. The van der Waals surface area contributed by atoms with Gasteiger partial charge in [-0.15, -0.1) is 0 Å². The van der Waals surface area contributed by atoms with Crippen molar-refractivity contribution in [3.05, 3.63) is 29.5 Å². The second-order valence-corrected chi connectivity index (χ2v) is 5.93. The maximum Gasteiger partial charge on any atom is 0.0934 e. The monoisotopic (exact) mass is 449 g/mol. The molecule has 1 atom stereocenters. The predicted molar refractivity (Wildman–Crippen MR) is 71.3 cm³/mol. The Hall–Kier alpha value is 1.06. The van der Waals surface area contributed by atoms with Crippen molar-refractivity contribution in [3.8, 4) is 0 Å². The fourth-order valence-electron chi connectivity index (χ4n) is 1.00. The lowest BCUT2D eigenvalue weighted by Gasteiger charge is -2.15. The number of aliphatic hydroxyl groups excluding tert-OH is 1. The van der Waals surface area contributed by atoms with Crippen molar-refractivity contribution in [1.82, 2.24) is 0 Å². The van der Waals surface area contributed by atoms with Crippen molar-refractivity contribution in [3.63, 3.8) is 0 Å². The Labute approximate surface area is 116 Å². The summed E-state index contributed by atoms with van der Waals surface area (Å²) in [5, 5.41) is 9.71. The van der Waals surface area contributed by atoms with E-state index in [1.807, 2.05) is 6.07 Å². The molecule has 14 heavy (non-hydrogen) atoms. The summed E-state index contributed by atoms with van der Waals surface area (Å²) in [4.78, 5) is 0. The Kier molecular flexibility index (Phi) is 5.07. The van der Waals surface area contributed by atoms with E-state index in [0.29, 0.717) is 0 Å². The van der Waals surface area contributed by atoms with Gasteiger partial charge in [-0.3, -0.25) is 0 Å². The summed E-state index contributed by atoms with van der Waals surface area (Å²) < 4.78 is 3.36. The molecule has 0 aliphatic heterocycles. The average Bonchev–Trinajstić information content (AvgIpc) is 2.15. The molecule has 0 saturated carbocycles. The first-order valence-corrected chi connectivity index (χ1v) is 6.87. The molecule has 0 heterocycles. The number of nitrogens with two attached hydrogens (primary N) is 1. The van der Waals surface area contributed by atoms with E-state index in [9.17, 15) is 5.11 Å². The molecule has 0 spiro atoms. The first kappa shape index (κ1) is 13.1. The van der Waals surface area contributed by atoms with Gasteiger partial charge >= 0.3 is 0 Å². The van der Waals surface area contributed by atoms with Gasteiger partial charge in [0.2, 0.25) is 0 Å². The van der Waals surface area contributed by atoms with Crippen LogP contribution in [0.3, 0.4) is 0 Å². The molecule has 1 aromatic rings. The molecule has 0 amide bonds. The lowest BCUT2D eigenvalue weighted by Crippen LogP contribution is -2.13. The van der Waals surface area contributed by atoms with Crippen LogP contribution in [0.15, 0.2) is 24.0 Å². The largest absolute Gasteiger partial charge is 0.387 e. The van der Waals surface area contributed by atoms with E-state index in [1.165, 1.54) is 0 Å². The number of rotatable bonds is 2. The zero-order valence-corrected chi connectivity index (χ0v) is 13.2. The smallest absolute Gasteiger partial charge is 0.0934 e. The molecule has 0 aliphatic rings. The van der Waals surface area contributed by atoms with E-state index < -0.39 is 6.10 Å². The van der Waals surface area contributed by atoms with Crippen molar-refractivity contribution in [2.75, 3.05) is 6.54 Å². The highest BCUT2D eigenvalue weighted by Gasteiger charge is 2.18. The van der Waals surface area contributed by atoms with Gasteiger partial charge in [0.05, 0.1) is 6.10 Å². The van der Waals surface area contributed by atoms with Crippen LogP contribution in [0.25, 0.3) is 0 Å². The van der Waals surface area contributed by atoms with Gasteiger partial charge in [0.1, 0.15) is 0 Å². The highest BCUT2D eigenvalue weighted by Crippen LogP contribution is 2.40. The van der Waals surface area contributed by atoms with E-state index in [1.54, 1.807) is 0 Å². The van der Waals surface area contributed by atoms with Gasteiger partial charge in [0.15, 0.2) is 0 Å². The average molecular weight is 453 g/mol. The van der Waals surface area contributed by atoms with Crippen LogP contribution in [0.1, 0.15) is 11.7 Å². The molecule has 3 N–H and O–H groups in total. The maximum atomic E-state index is 9.71. The van der Waals surface area contributed by atoms with Crippen LogP contribution in [-0.2, 0) is 0 Å². The fraction of sp³-hybridized carbons (Fsp3) is 0.250. The van der Waals surface area contributed by atoms with Crippen LogP contribution in [-0.4, -0.2) is 11.7 Å². The molecule has 0 saturated heterocycles. The summed E-state index contributed by atoms with van der Waals surface area (Å²) >= 11 is 13.5. The Morgan fingerprint density at radius 2 is 1.57 bits per heavy atom. The molecule has 0 fully saturated rings. The minimum absolute atomic E-state index is 0.181. The zero-order valence-electron chi connectivity index (χ0n) is 6.90. The van der Waals surface area contributed by atoms with Gasteiger partial charge in [-0.25, -0.2) is 0 Å². The number of benzene rings is 1. The first-order chi connectivity index (χ1) is 6.49. The van der Waals surface area contributed by atoms with Crippen LogP contribution < -0.4 is 5.73 Å². The summed E-state index contributed by atoms with van der Waals surface area (Å²) in [6.45, 7) is 0.181. The number of aliphatic hydroxyl groups is 1. The van der Waals surface area contributed by atoms with Gasteiger partial charge in [0.25, 0.3) is 0 Å². The number of hydrogen-bond acceptors (Lipinski definition) is 2. The second kappa shape index (κ2) is 5.41. The third-order valence-electron chi connectivity index (χ3n) is 1.70. The summed E-state index contributed by atoms with van der Waals surface area (Å²) in [6, 6.07) is 1.89. The molecule has 1 aromatic carbocycles. The van der Waals surface area contributed by atoms with Crippen molar-refractivity contribution in [1.29, 1.82) is 0 Å². The van der Waals surface area contributed by atoms with Crippen LogP contribution in [0.2, 0.25) is 0 Å². The molecule has 78 valence electrons. The topological polar surface area (TPSA) is 46.2 Å². The SMILES string of the molecule is NC[C@H](O)c1c(Br)c(Br)cc(Br)c1Br. The highest BCUT2D eigenvalue weighted by atomic mass is 79.9. The van der Waals surface area contributed by atoms with Crippen molar-refractivity contribution >= 4 is 63.7 Å².